The zero-order chi connectivity index (χ0) is 21.1. The summed E-state index contributed by atoms with van der Waals surface area (Å²) in [7, 11) is 0. The number of hydrogen-bond acceptors (Lipinski definition) is 4. The van der Waals surface area contributed by atoms with E-state index in [1.807, 2.05) is 24.8 Å². The van der Waals surface area contributed by atoms with Crippen LogP contribution in [0.3, 0.4) is 0 Å². The molecular formula is C24H35N3O3. The molecule has 0 radical (unpaired) electrons. The summed E-state index contributed by atoms with van der Waals surface area (Å²) in [5, 5.41) is 0. The quantitative estimate of drug-likeness (QED) is 0.761. The highest BCUT2D eigenvalue weighted by molar-refractivity contribution is 5.95. The van der Waals surface area contributed by atoms with Crippen molar-refractivity contribution in [1.82, 2.24) is 9.80 Å². The van der Waals surface area contributed by atoms with Crippen molar-refractivity contribution in [3.63, 3.8) is 0 Å². The summed E-state index contributed by atoms with van der Waals surface area (Å²) in [6.45, 7) is 10.5. The highest BCUT2D eigenvalue weighted by Gasteiger charge is 2.42. The molecule has 1 aromatic carbocycles. The second-order valence-electron chi connectivity index (χ2n) is 9.47. The first-order chi connectivity index (χ1) is 14.5. The molecule has 0 saturated carbocycles. The van der Waals surface area contributed by atoms with Gasteiger partial charge in [0.25, 0.3) is 0 Å². The molecule has 3 aliphatic rings. The Morgan fingerprint density at radius 2 is 1.80 bits per heavy atom. The largest absolute Gasteiger partial charge is 0.379 e. The van der Waals surface area contributed by atoms with Crippen LogP contribution in [0.25, 0.3) is 0 Å². The van der Waals surface area contributed by atoms with Gasteiger partial charge in [0.05, 0.1) is 13.2 Å². The maximum absolute atomic E-state index is 12.9. The van der Waals surface area contributed by atoms with Crippen LogP contribution in [-0.2, 0) is 20.7 Å². The second kappa shape index (κ2) is 9.06. The highest BCUT2D eigenvalue weighted by atomic mass is 16.5. The molecule has 2 saturated heterocycles. The number of morpholine rings is 1. The van der Waals surface area contributed by atoms with Crippen LogP contribution in [-0.4, -0.2) is 74.1 Å². The van der Waals surface area contributed by atoms with E-state index >= 15 is 0 Å². The third-order valence-corrected chi connectivity index (χ3v) is 7.01. The zero-order valence-corrected chi connectivity index (χ0v) is 18.4. The van der Waals surface area contributed by atoms with Gasteiger partial charge in [0.2, 0.25) is 11.8 Å². The van der Waals surface area contributed by atoms with E-state index in [9.17, 15) is 9.59 Å². The van der Waals surface area contributed by atoms with E-state index in [0.717, 1.165) is 77.4 Å². The third-order valence-electron chi connectivity index (χ3n) is 7.01. The Morgan fingerprint density at radius 1 is 1.07 bits per heavy atom. The minimum Gasteiger partial charge on any atom is -0.379 e. The maximum Gasteiger partial charge on any atom is 0.229 e. The molecule has 2 fully saturated rings. The van der Waals surface area contributed by atoms with Crippen molar-refractivity contribution in [2.75, 3.05) is 57.4 Å². The Hall–Kier alpha value is -1.92. The van der Waals surface area contributed by atoms with Crippen LogP contribution in [0, 0.1) is 11.3 Å². The molecule has 2 amide bonds. The van der Waals surface area contributed by atoms with Gasteiger partial charge in [-0.05, 0) is 36.3 Å². The fraction of sp³-hybridized carbons (Fsp3) is 0.667. The standard InChI is InChI=1S/C24H35N3O3/c1-19(2)23(29)27-12-9-24(17-20-5-3-4-6-21(20)27)8-11-26(18-24)22(28)7-10-25-13-15-30-16-14-25/h3-6,19H,7-18H2,1-2H3. The summed E-state index contributed by atoms with van der Waals surface area (Å²) in [5.74, 6) is 0.441. The molecular weight excluding hydrogens is 378 g/mol. The van der Waals surface area contributed by atoms with Crippen molar-refractivity contribution in [3.8, 4) is 0 Å². The fourth-order valence-electron chi connectivity index (χ4n) is 5.16. The number of nitrogens with zero attached hydrogens (tertiary/aromatic N) is 3. The summed E-state index contributed by atoms with van der Waals surface area (Å²) in [5.41, 5.74) is 2.38. The monoisotopic (exact) mass is 413 g/mol. The molecule has 4 rings (SSSR count). The van der Waals surface area contributed by atoms with Gasteiger partial charge < -0.3 is 14.5 Å². The number of likely N-dealkylation sites (tertiary alicyclic amines) is 1. The summed E-state index contributed by atoms with van der Waals surface area (Å²) in [6, 6.07) is 8.32. The minimum atomic E-state index is -0.0195. The predicted octanol–water partition coefficient (Wildman–Crippen LogP) is 2.56. The number of amides is 2. The molecule has 3 heterocycles. The Balaban J connectivity index is 1.43. The second-order valence-corrected chi connectivity index (χ2v) is 9.47. The molecule has 1 atom stereocenters. The van der Waals surface area contributed by atoms with E-state index in [0.29, 0.717) is 6.42 Å². The van der Waals surface area contributed by atoms with Gasteiger partial charge in [0.15, 0.2) is 0 Å². The van der Waals surface area contributed by atoms with Gasteiger partial charge in [-0.2, -0.15) is 0 Å². The average molecular weight is 414 g/mol. The SMILES string of the molecule is CC(C)C(=O)N1CCC2(CCN(C(=O)CCN3CCOCC3)C2)Cc2ccccc21. The Kier molecular flexibility index (Phi) is 6.44. The van der Waals surface area contributed by atoms with Gasteiger partial charge in [-0.3, -0.25) is 14.5 Å². The first-order valence-corrected chi connectivity index (χ1v) is 11.4. The molecule has 6 heteroatoms. The van der Waals surface area contributed by atoms with Crippen molar-refractivity contribution in [2.45, 2.75) is 39.5 Å². The van der Waals surface area contributed by atoms with E-state index in [-0.39, 0.29) is 23.1 Å². The van der Waals surface area contributed by atoms with Crippen molar-refractivity contribution in [3.05, 3.63) is 29.8 Å². The number of carbonyl (C=O) groups is 2. The molecule has 0 N–H and O–H groups in total. The smallest absolute Gasteiger partial charge is 0.229 e. The van der Waals surface area contributed by atoms with Crippen molar-refractivity contribution in [2.24, 2.45) is 11.3 Å². The fourth-order valence-corrected chi connectivity index (χ4v) is 5.16. The number of hydrogen-bond donors (Lipinski definition) is 0. The molecule has 164 valence electrons. The number of para-hydroxylation sites is 1. The van der Waals surface area contributed by atoms with Crippen LogP contribution in [0.1, 0.15) is 38.7 Å². The van der Waals surface area contributed by atoms with Crippen LogP contribution in [0.2, 0.25) is 0 Å². The van der Waals surface area contributed by atoms with Gasteiger partial charge in [0, 0.05) is 57.3 Å². The molecule has 1 spiro atoms. The topological polar surface area (TPSA) is 53.1 Å². The summed E-state index contributed by atoms with van der Waals surface area (Å²) < 4.78 is 5.40. The Morgan fingerprint density at radius 3 is 2.57 bits per heavy atom. The van der Waals surface area contributed by atoms with Crippen molar-refractivity contribution >= 4 is 17.5 Å². The molecule has 6 nitrogen and oxygen atoms in total. The average Bonchev–Trinajstić information content (AvgIpc) is 3.10. The van der Waals surface area contributed by atoms with Crippen LogP contribution >= 0.6 is 0 Å². The van der Waals surface area contributed by atoms with Crippen molar-refractivity contribution < 1.29 is 14.3 Å². The molecule has 3 aliphatic heterocycles. The number of rotatable bonds is 4. The number of carbonyl (C=O) groups excluding carboxylic acids is 2. The first-order valence-electron chi connectivity index (χ1n) is 11.4. The van der Waals surface area contributed by atoms with Gasteiger partial charge in [-0.15, -0.1) is 0 Å². The maximum atomic E-state index is 12.9. The van der Waals surface area contributed by atoms with Gasteiger partial charge in [0.1, 0.15) is 0 Å². The summed E-state index contributed by atoms with van der Waals surface area (Å²) in [6.07, 6.45) is 3.50. The summed E-state index contributed by atoms with van der Waals surface area (Å²) in [4.78, 5) is 32.2. The normalized spacial score (nSPS) is 24.9. The van der Waals surface area contributed by atoms with E-state index in [4.69, 9.17) is 4.74 Å². The van der Waals surface area contributed by atoms with Crippen LogP contribution in [0.5, 0.6) is 0 Å². The van der Waals surface area contributed by atoms with E-state index in [1.165, 1.54) is 5.56 Å². The molecule has 0 aliphatic carbocycles. The van der Waals surface area contributed by atoms with Gasteiger partial charge in [-0.1, -0.05) is 32.0 Å². The number of fused-ring (bicyclic) bond motifs is 1. The molecule has 1 unspecified atom stereocenters. The summed E-state index contributed by atoms with van der Waals surface area (Å²) >= 11 is 0. The lowest BCUT2D eigenvalue weighted by Crippen LogP contribution is -2.40. The first kappa shape index (κ1) is 21.3. The predicted molar refractivity (Wildman–Crippen MR) is 117 cm³/mol. The van der Waals surface area contributed by atoms with Crippen LogP contribution in [0.4, 0.5) is 5.69 Å². The van der Waals surface area contributed by atoms with E-state index < -0.39 is 0 Å². The zero-order valence-electron chi connectivity index (χ0n) is 18.4. The van der Waals surface area contributed by atoms with Crippen LogP contribution < -0.4 is 4.90 Å². The lowest BCUT2D eigenvalue weighted by Gasteiger charge is -2.29. The molecule has 0 aromatic heterocycles. The van der Waals surface area contributed by atoms with Gasteiger partial charge in [-0.25, -0.2) is 0 Å². The highest BCUT2D eigenvalue weighted by Crippen LogP contribution is 2.43. The Labute approximate surface area is 180 Å². The van der Waals surface area contributed by atoms with E-state index in [1.54, 1.807) is 0 Å². The van der Waals surface area contributed by atoms with E-state index in [2.05, 4.69) is 28.0 Å². The molecule has 1 aromatic rings. The third kappa shape index (κ3) is 4.54. The Bertz CT molecular complexity index is 775. The lowest BCUT2D eigenvalue weighted by molar-refractivity contribution is -0.131. The number of anilines is 1. The number of ether oxygens (including phenoxy) is 1. The van der Waals surface area contributed by atoms with Gasteiger partial charge >= 0.3 is 0 Å². The molecule has 30 heavy (non-hydrogen) atoms. The minimum absolute atomic E-state index is 0.0195. The molecule has 0 bridgehead atoms. The number of benzene rings is 1. The lowest BCUT2D eigenvalue weighted by atomic mass is 9.78. The van der Waals surface area contributed by atoms with Crippen LogP contribution in [0.15, 0.2) is 24.3 Å². The van der Waals surface area contributed by atoms with Crippen molar-refractivity contribution in [1.29, 1.82) is 0 Å².